The van der Waals surface area contributed by atoms with E-state index in [0.29, 0.717) is 6.61 Å². The van der Waals surface area contributed by atoms with Gasteiger partial charge in [-0.2, -0.15) is 0 Å². The van der Waals surface area contributed by atoms with Crippen LogP contribution in [0.2, 0.25) is 0 Å². The molecule has 112 valence electrons. The summed E-state index contributed by atoms with van der Waals surface area (Å²) in [5.74, 6) is 0.110. The minimum Gasteiger partial charge on any atom is -0.370 e. The second kappa shape index (κ2) is 10.6. The van der Waals surface area contributed by atoms with Gasteiger partial charge in [-0.15, -0.1) is 0 Å². The number of benzene rings is 1. The Morgan fingerprint density at radius 3 is 2.30 bits per heavy atom. The lowest BCUT2D eigenvalue weighted by Crippen LogP contribution is -2.24. The van der Waals surface area contributed by atoms with Crippen LogP contribution in [0.1, 0.15) is 69.2 Å². The minimum atomic E-state index is -0.284. The molecule has 0 aromatic heterocycles. The molecule has 0 aliphatic heterocycles. The third-order valence-electron chi connectivity index (χ3n) is 3.54. The number of rotatable bonds is 11. The summed E-state index contributed by atoms with van der Waals surface area (Å²) in [4.78, 5) is 12.3. The SMILES string of the molecule is CCCCCCCCOC(CC)C(=O)c1ccccc1. The molecule has 1 atom stereocenters. The molecule has 0 saturated carbocycles. The van der Waals surface area contributed by atoms with Crippen molar-refractivity contribution in [3.63, 3.8) is 0 Å². The van der Waals surface area contributed by atoms with Crippen molar-refractivity contribution in [1.29, 1.82) is 0 Å². The van der Waals surface area contributed by atoms with Gasteiger partial charge in [0.25, 0.3) is 0 Å². The van der Waals surface area contributed by atoms with E-state index >= 15 is 0 Å². The van der Waals surface area contributed by atoms with Crippen LogP contribution in [0.4, 0.5) is 0 Å². The molecule has 0 aliphatic rings. The smallest absolute Gasteiger partial charge is 0.191 e. The Hall–Kier alpha value is -1.15. The van der Waals surface area contributed by atoms with Gasteiger partial charge in [0.1, 0.15) is 6.10 Å². The summed E-state index contributed by atoms with van der Waals surface area (Å²) in [6, 6.07) is 9.44. The third-order valence-corrected chi connectivity index (χ3v) is 3.54. The van der Waals surface area contributed by atoms with Crippen LogP contribution in [0.25, 0.3) is 0 Å². The maximum absolute atomic E-state index is 12.3. The lowest BCUT2D eigenvalue weighted by atomic mass is 10.0. The molecular formula is C18H28O2. The first-order chi connectivity index (χ1) is 9.79. The van der Waals surface area contributed by atoms with Crippen molar-refractivity contribution in [1.82, 2.24) is 0 Å². The summed E-state index contributed by atoms with van der Waals surface area (Å²) in [6.07, 6.45) is 7.91. The highest BCUT2D eigenvalue weighted by atomic mass is 16.5. The van der Waals surface area contributed by atoms with Crippen LogP contribution in [0.5, 0.6) is 0 Å². The molecule has 0 radical (unpaired) electrons. The average molecular weight is 276 g/mol. The van der Waals surface area contributed by atoms with Crippen LogP contribution < -0.4 is 0 Å². The Balaban J connectivity index is 2.24. The van der Waals surface area contributed by atoms with E-state index in [1.54, 1.807) is 0 Å². The maximum atomic E-state index is 12.3. The van der Waals surface area contributed by atoms with E-state index in [1.807, 2.05) is 37.3 Å². The number of ether oxygens (including phenoxy) is 1. The van der Waals surface area contributed by atoms with Crippen molar-refractivity contribution in [3.05, 3.63) is 35.9 Å². The zero-order chi connectivity index (χ0) is 14.6. The van der Waals surface area contributed by atoms with Crippen molar-refractivity contribution >= 4 is 5.78 Å². The molecule has 1 aromatic rings. The molecule has 0 bridgehead atoms. The van der Waals surface area contributed by atoms with Crippen molar-refractivity contribution in [2.45, 2.75) is 64.9 Å². The molecule has 0 aliphatic carbocycles. The first kappa shape index (κ1) is 16.9. The topological polar surface area (TPSA) is 26.3 Å². The van der Waals surface area contributed by atoms with Gasteiger partial charge in [-0.3, -0.25) is 4.79 Å². The first-order valence-corrected chi connectivity index (χ1v) is 8.00. The fourth-order valence-corrected chi connectivity index (χ4v) is 2.28. The number of hydrogen-bond donors (Lipinski definition) is 0. The van der Waals surface area contributed by atoms with Crippen molar-refractivity contribution in [3.8, 4) is 0 Å². The highest BCUT2D eigenvalue weighted by molar-refractivity contribution is 5.99. The quantitative estimate of drug-likeness (QED) is 0.419. The molecular weight excluding hydrogens is 248 g/mol. The molecule has 0 N–H and O–H groups in total. The molecule has 1 rings (SSSR count). The lowest BCUT2D eigenvalue weighted by molar-refractivity contribution is 0.0383. The van der Waals surface area contributed by atoms with Gasteiger partial charge < -0.3 is 4.74 Å². The standard InChI is InChI=1S/C18H28O2/c1-3-5-6-7-8-12-15-20-17(4-2)18(19)16-13-10-9-11-14-16/h9-11,13-14,17H,3-8,12,15H2,1-2H3. The lowest BCUT2D eigenvalue weighted by Gasteiger charge is -2.15. The minimum absolute atomic E-state index is 0.110. The van der Waals surface area contributed by atoms with Gasteiger partial charge in [0, 0.05) is 12.2 Å². The molecule has 1 unspecified atom stereocenters. The van der Waals surface area contributed by atoms with Gasteiger partial charge >= 0.3 is 0 Å². The van der Waals surface area contributed by atoms with Gasteiger partial charge in [0.2, 0.25) is 0 Å². The summed E-state index contributed by atoms with van der Waals surface area (Å²) >= 11 is 0. The molecule has 0 saturated heterocycles. The van der Waals surface area contributed by atoms with Gasteiger partial charge in [-0.1, -0.05) is 76.3 Å². The second-order valence-corrected chi connectivity index (χ2v) is 5.27. The van der Waals surface area contributed by atoms with Gasteiger partial charge in [-0.05, 0) is 12.8 Å². The average Bonchev–Trinajstić information content (AvgIpc) is 2.50. The molecule has 0 heterocycles. The zero-order valence-electron chi connectivity index (χ0n) is 12.9. The highest BCUT2D eigenvalue weighted by Crippen LogP contribution is 2.11. The Morgan fingerprint density at radius 1 is 1.00 bits per heavy atom. The van der Waals surface area contributed by atoms with Gasteiger partial charge in [0.05, 0.1) is 0 Å². The van der Waals surface area contributed by atoms with E-state index in [9.17, 15) is 4.79 Å². The normalized spacial score (nSPS) is 12.3. The molecule has 20 heavy (non-hydrogen) atoms. The van der Waals surface area contributed by atoms with E-state index in [-0.39, 0.29) is 11.9 Å². The molecule has 0 spiro atoms. The Kier molecular flexibility index (Phi) is 8.97. The number of carbonyl (C=O) groups is 1. The molecule has 2 heteroatoms. The van der Waals surface area contributed by atoms with Gasteiger partial charge in [-0.25, -0.2) is 0 Å². The number of ketones is 1. The van der Waals surface area contributed by atoms with E-state index < -0.39 is 0 Å². The Bertz CT molecular complexity index is 359. The second-order valence-electron chi connectivity index (χ2n) is 5.27. The maximum Gasteiger partial charge on any atom is 0.191 e. The van der Waals surface area contributed by atoms with Crippen LogP contribution in [-0.4, -0.2) is 18.5 Å². The molecule has 0 amide bonds. The highest BCUT2D eigenvalue weighted by Gasteiger charge is 2.18. The summed E-state index contributed by atoms with van der Waals surface area (Å²) in [6.45, 7) is 4.93. The fraction of sp³-hybridized carbons (Fsp3) is 0.611. The molecule has 0 fully saturated rings. The Morgan fingerprint density at radius 2 is 1.65 bits per heavy atom. The Labute approximate surface area is 123 Å². The summed E-state index contributed by atoms with van der Waals surface area (Å²) in [7, 11) is 0. The molecule has 1 aromatic carbocycles. The van der Waals surface area contributed by atoms with E-state index in [1.165, 1.54) is 32.1 Å². The van der Waals surface area contributed by atoms with Crippen LogP contribution in [0.3, 0.4) is 0 Å². The van der Waals surface area contributed by atoms with E-state index in [4.69, 9.17) is 4.74 Å². The van der Waals surface area contributed by atoms with Gasteiger partial charge in [0.15, 0.2) is 5.78 Å². The van der Waals surface area contributed by atoms with Crippen LogP contribution in [0.15, 0.2) is 30.3 Å². The monoisotopic (exact) mass is 276 g/mol. The van der Waals surface area contributed by atoms with Crippen molar-refractivity contribution in [2.75, 3.05) is 6.61 Å². The van der Waals surface area contributed by atoms with E-state index in [2.05, 4.69) is 6.92 Å². The largest absolute Gasteiger partial charge is 0.370 e. The summed E-state index contributed by atoms with van der Waals surface area (Å²) < 4.78 is 5.76. The summed E-state index contributed by atoms with van der Waals surface area (Å²) in [5, 5.41) is 0. The van der Waals surface area contributed by atoms with Crippen LogP contribution in [-0.2, 0) is 4.74 Å². The third kappa shape index (κ3) is 6.33. The predicted molar refractivity (Wildman–Crippen MR) is 84.2 cm³/mol. The van der Waals surface area contributed by atoms with E-state index in [0.717, 1.165) is 18.4 Å². The number of Topliss-reactive ketones (excluding diaryl/α,β-unsaturated/α-hetero) is 1. The molecule has 2 nitrogen and oxygen atoms in total. The van der Waals surface area contributed by atoms with Crippen molar-refractivity contribution in [2.24, 2.45) is 0 Å². The zero-order valence-corrected chi connectivity index (χ0v) is 12.9. The number of hydrogen-bond acceptors (Lipinski definition) is 2. The van der Waals surface area contributed by atoms with Crippen molar-refractivity contribution < 1.29 is 9.53 Å². The summed E-state index contributed by atoms with van der Waals surface area (Å²) in [5.41, 5.74) is 0.752. The van der Waals surface area contributed by atoms with Crippen LogP contribution in [0, 0.1) is 0 Å². The predicted octanol–water partition coefficient (Wildman–Crippen LogP) is 5.03. The fourth-order valence-electron chi connectivity index (χ4n) is 2.28. The first-order valence-electron chi connectivity index (χ1n) is 8.00. The number of unbranched alkanes of at least 4 members (excludes halogenated alkanes) is 5. The van der Waals surface area contributed by atoms with Crippen LogP contribution >= 0.6 is 0 Å². The number of carbonyl (C=O) groups excluding carboxylic acids is 1.